The normalized spacial score (nSPS) is 11.6. The van der Waals surface area contributed by atoms with E-state index < -0.39 is 11.7 Å². The Labute approximate surface area is 122 Å². The number of nitrogens with one attached hydrogen (secondary N) is 3. The lowest BCUT2D eigenvalue weighted by Gasteiger charge is -2.12. The van der Waals surface area contributed by atoms with E-state index in [1.54, 1.807) is 18.5 Å². The van der Waals surface area contributed by atoms with Gasteiger partial charge in [0.15, 0.2) is 0 Å². The van der Waals surface area contributed by atoms with Crippen LogP contribution in [0, 0.1) is 0 Å². The van der Waals surface area contributed by atoms with Crippen molar-refractivity contribution in [2.24, 2.45) is 0 Å². The molecule has 3 N–H and O–H groups in total. The summed E-state index contributed by atoms with van der Waals surface area (Å²) in [6, 6.07) is 3.62. The molecule has 6 nitrogen and oxygen atoms in total. The van der Waals surface area contributed by atoms with Crippen molar-refractivity contribution in [1.82, 2.24) is 19.9 Å². The number of alkyl halides is 3. The van der Waals surface area contributed by atoms with E-state index in [4.69, 9.17) is 0 Å². The Bertz CT molecular complexity index is 811. The van der Waals surface area contributed by atoms with Crippen LogP contribution in [0.25, 0.3) is 11.0 Å². The second-order valence-corrected chi connectivity index (χ2v) is 4.47. The first kappa shape index (κ1) is 14.1. The number of H-pyrrole nitrogens is 1. The van der Waals surface area contributed by atoms with Crippen LogP contribution in [-0.4, -0.2) is 27.0 Å². The highest BCUT2D eigenvalue weighted by molar-refractivity contribution is 5.79. The molecule has 0 aliphatic heterocycles. The molecule has 0 aromatic carbocycles. The van der Waals surface area contributed by atoms with Crippen LogP contribution in [0.5, 0.6) is 0 Å². The van der Waals surface area contributed by atoms with Crippen molar-refractivity contribution in [1.29, 1.82) is 0 Å². The highest BCUT2D eigenvalue weighted by Crippen LogP contribution is 2.33. The highest BCUT2D eigenvalue weighted by atomic mass is 19.4. The summed E-state index contributed by atoms with van der Waals surface area (Å²) in [6.07, 6.45) is -0.486. The lowest BCUT2D eigenvalue weighted by atomic mass is 10.3. The van der Waals surface area contributed by atoms with E-state index in [2.05, 4.69) is 30.6 Å². The molecule has 3 aromatic heterocycles. The summed E-state index contributed by atoms with van der Waals surface area (Å²) in [7, 11) is 1.37. The minimum absolute atomic E-state index is 0.0500. The molecule has 0 radical (unpaired) electrons. The Balaban J connectivity index is 1.91. The van der Waals surface area contributed by atoms with Gasteiger partial charge in [-0.2, -0.15) is 18.2 Å². The zero-order valence-corrected chi connectivity index (χ0v) is 11.4. The number of anilines is 3. The van der Waals surface area contributed by atoms with Gasteiger partial charge in [-0.25, -0.2) is 9.97 Å². The zero-order chi connectivity index (χ0) is 15.7. The molecule has 114 valence electrons. The number of nitrogens with zero attached hydrogens (tertiary/aromatic N) is 3. The van der Waals surface area contributed by atoms with Gasteiger partial charge in [0.1, 0.15) is 17.0 Å². The van der Waals surface area contributed by atoms with E-state index in [0.29, 0.717) is 5.69 Å². The van der Waals surface area contributed by atoms with E-state index >= 15 is 0 Å². The number of hydrogen-bond acceptors (Lipinski definition) is 5. The van der Waals surface area contributed by atoms with Crippen molar-refractivity contribution < 1.29 is 13.2 Å². The van der Waals surface area contributed by atoms with Crippen LogP contribution in [0.15, 0.2) is 30.7 Å². The first-order valence-electron chi connectivity index (χ1n) is 6.29. The van der Waals surface area contributed by atoms with E-state index in [1.165, 1.54) is 7.05 Å². The number of hydrogen-bond donors (Lipinski definition) is 3. The SMILES string of the molecule is CNc1nc(Nc2cnc3[nH]ccc3c2)ncc1C(F)(F)F. The third kappa shape index (κ3) is 2.65. The minimum atomic E-state index is -4.51. The number of rotatable bonds is 3. The fourth-order valence-electron chi connectivity index (χ4n) is 1.98. The largest absolute Gasteiger partial charge is 0.421 e. The molecule has 9 heteroatoms. The Hall–Kier alpha value is -2.84. The van der Waals surface area contributed by atoms with Crippen molar-refractivity contribution in [2.45, 2.75) is 6.18 Å². The summed E-state index contributed by atoms with van der Waals surface area (Å²) >= 11 is 0. The monoisotopic (exact) mass is 308 g/mol. The molecule has 0 bridgehead atoms. The summed E-state index contributed by atoms with van der Waals surface area (Å²) < 4.78 is 38.3. The molecule has 3 aromatic rings. The third-order valence-electron chi connectivity index (χ3n) is 2.99. The standard InChI is InChI=1S/C13H11F3N6/c1-17-11-9(13(14,15)16)6-20-12(22-11)21-8-4-7-2-3-18-10(7)19-5-8/h2-6H,1H3,(H,18,19)(H2,17,20,21,22). The first-order valence-corrected chi connectivity index (χ1v) is 6.29. The summed E-state index contributed by atoms with van der Waals surface area (Å²) in [5.74, 6) is -0.241. The summed E-state index contributed by atoms with van der Waals surface area (Å²) in [6.45, 7) is 0. The maximum absolute atomic E-state index is 12.8. The summed E-state index contributed by atoms with van der Waals surface area (Å²) in [5, 5.41) is 6.12. The van der Waals surface area contributed by atoms with Gasteiger partial charge in [0.25, 0.3) is 0 Å². The van der Waals surface area contributed by atoms with E-state index in [0.717, 1.165) is 17.2 Å². The highest BCUT2D eigenvalue weighted by Gasteiger charge is 2.35. The van der Waals surface area contributed by atoms with Crippen LogP contribution in [0.1, 0.15) is 5.56 Å². The smallest absolute Gasteiger partial charge is 0.372 e. The Morgan fingerprint density at radius 1 is 1.18 bits per heavy atom. The molecule has 0 atom stereocenters. The van der Waals surface area contributed by atoms with Gasteiger partial charge in [0.05, 0.1) is 11.9 Å². The number of pyridine rings is 1. The molecule has 0 fully saturated rings. The summed E-state index contributed by atoms with van der Waals surface area (Å²) in [4.78, 5) is 14.6. The maximum atomic E-state index is 12.8. The summed E-state index contributed by atoms with van der Waals surface area (Å²) in [5.41, 5.74) is 0.378. The number of aromatic nitrogens is 4. The topological polar surface area (TPSA) is 78.5 Å². The van der Waals surface area contributed by atoms with Crippen LogP contribution >= 0.6 is 0 Å². The van der Waals surface area contributed by atoms with Crippen molar-refractivity contribution in [2.75, 3.05) is 17.7 Å². The average molecular weight is 308 g/mol. The maximum Gasteiger partial charge on any atom is 0.421 e. The zero-order valence-electron chi connectivity index (χ0n) is 11.4. The van der Waals surface area contributed by atoms with Crippen molar-refractivity contribution in [3.63, 3.8) is 0 Å². The first-order chi connectivity index (χ1) is 10.5. The molecule has 0 spiro atoms. The quantitative estimate of drug-likeness (QED) is 0.693. The fraction of sp³-hybridized carbons (Fsp3) is 0.154. The van der Waals surface area contributed by atoms with Crippen LogP contribution in [0.2, 0.25) is 0 Å². The second kappa shape index (κ2) is 5.17. The lowest BCUT2D eigenvalue weighted by molar-refractivity contribution is -0.137. The molecular weight excluding hydrogens is 297 g/mol. The van der Waals surface area contributed by atoms with E-state index in [-0.39, 0.29) is 11.8 Å². The van der Waals surface area contributed by atoms with Crippen LogP contribution < -0.4 is 10.6 Å². The number of fused-ring (bicyclic) bond motifs is 1. The molecule has 3 rings (SSSR count). The van der Waals surface area contributed by atoms with Gasteiger partial charge in [-0.1, -0.05) is 0 Å². The molecular formula is C13H11F3N6. The predicted octanol–water partition coefficient (Wildman–Crippen LogP) is 3.16. The molecule has 0 saturated carbocycles. The van der Waals surface area contributed by atoms with Gasteiger partial charge in [0.2, 0.25) is 5.95 Å². The van der Waals surface area contributed by atoms with E-state index in [1.807, 2.05) is 6.07 Å². The van der Waals surface area contributed by atoms with Crippen molar-refractivity contribution >= 4 is 28.5 Å². The Morgan fingerprint density at radius 3 is 2.73 bits per heavy atom. The van der Waals surface area contributed by atoms with Crippen molar-refractivity contribution in [3.05, 3.63) is 36.3 Å². The molecule has 0 unspecified atom stereocenters. The molecule has 0 saturated heterocycles. The van der Waals surface area contributed by atoms with Crippen LogP contribution in [-0.2, 0) is 6.18 Å². The van der Waals surface area contributed by atoms with Gasteiger partial charge in [-0.15, -0.1) is 0 Å². The number of halogens is 3. The lowest BCUT2D eigenvalue weighted by Crippen LogP contribution is -2.12. The van der Waals surface area contributed by atoms with Crippen LogP contribution in [0.4, 0.5) is 30.6 Å². The van der Waals surface area contributed by atoms with Gasteiger partial charge >= 0.3 is 6.18 Å². The average Bonchev–Trinajstić information content (AvgIpc) is 2.93. The van der Waals surface area contributed by atoms with Gasteiger partial charge in [0, 0.05) is 24.8 Å². The van der Waals surface area contributed by atoms with Crippen molar-refractivity contribution in [3.8, 4) is 0 Å². The second-order valence-electron chi connectivity index (χ2n) is 4.47. The van der Waals surface area contributed by atoms with Gasteiger partial charge in [-0.3, -0.25) is 0 Å². The predicted molar refractivity (Wildman–Crippen MR) is 76.0 cm³/mol. The number of aromatic amines is 1. The molecule has 3 heterocycles. The fourth-order valence-corrected chi connectivity index (χ4v) is 1.98. The van der Waals surface area contributed by atoms with Gasteiger partial charge < -0.3 is 15.6 Å². The van der Waals surface area contributed by atoms with Gasteiger partial charge in [-0.05, 0) is 12.1 Å². The Kier molecular flexibility index (Phi) is 3.32. The minimum Gasteiger partial charge on any atom is -0.372 e. The molecule has 22 heavy (non-hydrogen) atoms. The Morgan fingerprint density at radius 2 is 2.00 bits per heavy atom. The van der Waals surface area contributed by atoms with Crippen LogP contribution in [0.3, 0.4) is 0 Å². The molecule has 0 aliphatic rings. The molecule has 0 amide bonds. The van der Waals surface area contributed by atoms with E-state index in [9.17, 15) is 13.2 Å². The molecule has 0 aliphatic carbocycles. The third-order valence-corrected chi connectivity index (χ3v) is 2.99.